The summed E-state index contributed by atoms with van der Waals surface area (Å²) in [5, 5.41) is 10.7. The first-order chi connectivity index (χ1) is 11.9. The summed E-state index contributed by atoms with van der Waals surface area (Å²) in [5.74, 6) is 0.751. The van der Waals surface area contributed by atoms with Crippen LogP contribution in [0.3, 0.4) is 0 Å². The molecule has 0 amide bonds. The Labute approximate surface area is 148 Å². The predicted molar refractivity (Wildman–Crippen MR) is 94.8 cm³/mol. The summed E-state index contributed by atoms with van der Waals surface area (Å²) in [6.07, 6.45) is 4.96. The molecule has 0 aromatic heterocycles. The second kappa shape index (κ2) is 7.39. The topological polar surface area (TPSA) is 83.8 Å². The molecule has 0 bridgehead atoms. The normalized spacial score (nSPS) is 26.4. The molecule has 0 N–H and O–H groups in total. The molecule has 7 nitrogen and oxygen atoms in total. The molecule has 0 unspecified atom stereocenters. The quantitative estimate of drug-likeness (QED) is 0.603. The molecule has 2 fully saturated rings. The highest BCUT2D eigenvalue weighted by atomic mass is 32.2. The lowest BCUT2D eigenvalue weighted by molar-refractivity contribution is -0.384. The van der Waals surface area contributed by atoms with E-state index in [2.05, 4.69) is 11.8 Å². The Morgan fingerprint density at radius 1 is 1.08 bits per heavy atom. The van der Waals surface area contributed by atoms with Crippen LogP contribution in [0.25, 0.3) is 0 Å². The number of non-ortho nitro benzene ring substituents is 1. The van der Waals surface area contributed by atoms with Gasteiger partial charge in [0.15, 0.2) is 0 Å². The second-order valence-corrected chi connectivity index (χ2v) is 9.05. The average Bonchev–Trinajstić information content (AvgIpc) is 2.62. The molecule has 1 saturated carbocycles. The van der Waals surface area contributed by atoms with Crippen molar-refractivity contribution in [2.45, 2.75) is 43.5 Å². The number of nitro groups is 1. The van der Waals surface area contributed by atoms with Gasteiger partial charge in [0.1, 0.15) is 0 Å². The molecule has 1 saturated heterocycles. The number of hydrogen-bond acceptors (Lipinski definition) is 5. The number of benzene rings is 1. The van der Waals surface area contributed by atoms with Gasteiger partial charge < -0.3 is 0 Å². The molecule has 1 heterocycles. The monoisotopic (exact) mass is 367 g/mol. The zero-order valence-corrected chi connectivity index (χ0v) is 15.3. The van der Waals surface area contributed by atoms with E-state index in [-0.39, 0.29) is 10.6 Å². The number of hydrogen-bond donors (Lipinski definition) is 0. The molecule has 25 heavy (non-hydrogen) atoms. The summed E-state index contributed by atoms with van der Waals surface area (Å²) in [4.78, 5) is 12.7. The van der Waals surface area contributed by atoms with Crippen molar-refractivity contribution in [1.29, 1.82) is 0 Å². The molecule has 2 atom stereocenters. The van der Waals surface area contributed by atoms with Crippen LogP contribution in [0.1, 0.15) is 32.6 Å². The summed E-state index contributed by atoms with van der Waals surface area (Å²) >= 11 is 0. The second-order valence-electron chi connectivity index (χ2n) is 7.12. The number of nitrogens with zero attached hydrogens (tertiary/aromatic N) is 3. The highest BCUT2D eigenvalue weighted by Gasteiger charge is 2.32. The van der Waals surface area contributed by atoms with Crippen LogP contribution in [0.15, 0.2) is 29.2 Å². The Hall–Kier alpha value is -1.51. The van der Waals surface area contributed by atoms with Crippen molar-refractivity contribution >= 4 is 15.7 Å². The van der Waals surface area contributed by atoms with Crippen molar-refractivity contribution < 1.29 is 13.3 Å². The molecule has 8 heteroatoms. The molecular formula is C17H25N3O4S. The molecular weight excluding hydrogens is 342 g/mol. The summed E-state index contributed by atoms with van der Waals surface area (Å²) in [5.41, 5.74) is -0.102. The van der Waals surface area contributed by atoms with Gasteiger partial charge in [0.2, 0.25) is 10.0 Å². The third-order valence-electron chi connectivity index (χ3n) is 5.38. The van der Waals surface area contributed by atoms with Gasteiger partial charge in [-0.05, 0) is 30.9 Å². The number of sulfonamides is 1. The maximum atomic E-state index is 12.7. The van der Waals surface area contributed by atoms with Crippen molar-refractivity contribution in [3.05, 3.63) is 34.4 Å². The fraction of sp³-hybridized carbons (Fsp3) is 0.647. The fourth-order valence-corrected chi connectivity index (χ4v) is 5.35. The average molecular weight is 367 g/mol. The van der Waals surface area contributed by atoms with E-state index in [1.165, 1.54) is 54.3 Å². The summed E-state index contributed by atoms with van der Waals surface area (Å²) in [6, 6.07) is 5.71. The van der Waals surface area contributed by atoms with Gasteiger partial charge in [-0.2, -0.15) is 4.31 Å². The highest BCUT2D eigenvalue weighted by Crippen LogP contribution is 2.29. The molecule has 1 aliphatic heterocycles. The van der Waals surface area contributed by atoms with Gasteiger partial charge in [-0.25, -0.2) is 8.42 Å². The predicted octanol–water partition coefficient (Wildman–Crippen LogP) is 2.48. The minimum Gasteiger partial charge on any atom is -0.298 e. The zero-order chi connectivity index (χ0) is 18.0. The number of nitro benzene ring substituents is 1. The van der Waals surface area contributed by atoms with E-state index in [1.807, 2.05) is 0 Å². The third-order valence-corrected chi connectivity index (χ3v) is 7.30. The van der Waals surface area contributed by atoms with E-state index < -0.39 is 14.9 Å². The molecule has 3 rings (SSSR count). The molecule has 1 aliphatic carbocycles. The smallest absolute Gasteiger partial charge is 0.269 e. The van der Waals surface area contributed by atoms with Gasteiger partial charge in [0.05, 0.1) is 9.82 Å². The minimum absolute atomic E-state index is 0.102. The first-order valence-corrected chi connectivity index (χ1v) is 10.3. The molecule has 2 aliphatic rings. The maximum Gasteiger partial charge on any atom is 0.269 e. The van der Waals surface area contributed by atoms with Crippen LogP contribution >= 0.6 is 0 Å². The standard InChI is InChI=1S/C17H25N3O4S/c1-14-3-2-4-16(13-14)18-9-11-19(12-10-18)25(23,24)17-7-5-15(6-8-17)20(21)22/h5-8,14,16H,2-4,9-13H2,1H3/t14-,16-/m0/s1. The van der Waals surface area contributed by atoms with Gasteiger partial charge in [-0.15, -0.1) is 0 Å². The van der Waals surface area contributed by atoms with Crippen molar-refractivity contribution in [2.24, 2.45) is 5.92 Å². The molecule has 1 aromatic rings. The lowest BCUT2D eigenvalue weighted by Gasteiger charge is -2.41. The first-order valence-electron chi connectivity index (χ1n) is 8.86. The van der Waals surface area contributed by atoms with Crippen LogP contribution in [0, 0.1) is 16.0 Å². The summed E-state index contributed by atoms with van der Waals surface area (Å²) in [6.45, 7) is 4.75. The van der Waals surface area contributed by atoms with Crippen molar-refractivity contribution in [1.82, 2.24) is 9.21 Å². The van der Waals surface area contributed by atoms with Gasteiger partial charge in [0.25, 0.3) is 5.69 Å². The van der Waals surface area contributed by atoms with Crippen LogP contribution in [-0.4, -0.2) is 54.8 Å². The summed E-state index contributed by atoms with van der Waals surface area (Å²) in [7, 11) is -3.59. The van der Waals surface area contributed by atoms with E-state index in [1.54, 1.807) is 0 Å². The van der Waals surface area contributed by atoms with Crippen LogP contribution in [-0.2, 0) is 10.0 Å². The Balaban J connectivity index is 1.64. The van der Waals surface area contributed by atoms with Gasteiger partial charge >= 0.3 is 0 Å². The van der Waals surface area contributed by atoms with Crippen molar-refractivity contribution in [2.75, 3.05) is 26.2 Å². The van der Waals surface area contributed by atoms with Crippen molar-refractivity contribution in [3.63, 3.8) is 0 Å². The van der Waals surface area contributed by atoms with Crippen molar-refractivity contribution in [3.8, 4) is 0 Å². The van der Waals surface area contributed by atoms with Gasteiger partial charge in [-0.1, -0.05) is 19.8 Å². The lowest BCUT2D eigenvalue weighted by Crippen LogP contribution is -2.52. The highest BCUT2D eigenvalue weighted by molar-refractivity contribution is 7.89. The van der Waals surface area contributed by atoms with E-state index in [0.29, 0.717) is 19.1 Å². The Morgan fingerprint density at radius 2 is 1.72 bits per heavy atom. The van der Waals surface area contributed by atoms with Crippen LogP contribution in [0.4, 0.5) is 5.69 Å². The SMILES string of the molecule is C[C@H]1CCC[C@H](N2CCN(S(=O)(=O)c3ccc([N+](=O)[O-])cc3)CC2)C1. The Kier molecular flexibility index (Phi) is 5.41. The Morgan fingerprint density at radius 3 is 2.28 bits per heavy atom. The fourth-order valence-electron chi connectivity index (χ4n) is 3.93. The largest absolute Gasteiger partial charge is 0.298 e. The van der Waals surface area contributed by atoms with E-state index in [9.17, 15) is 18.5 Å². The first kappa shape index (κ1) is 18.3. The minimum atomic E-state index is -3.59. The zero-order valence-electron chi connectivity index (χ0n) is 14.5. The lowest BCUT2D eigenvalue weighted by atomic mass is 9.86. The van der Waals surface area contributed by atoms with E-state index >= 15 is 0 Å². The van der Waals surface area contributed by atoms with E-state index in [0.717, 1.165) is 19.0 Å². The Bertz CT molecular complexity index is 712. The van der Waals surface area contributed by atoms with Crippen LogP contribution < -0.4 is 0 Å². The molecule has 0 spiro atoms. The van der Waals surface area contributed by atoms with Crippen LogP contribution in [0.5, 0.6) is 0 Å². The maximum absolute atomic E-state index is 12.7. The molecule has 0 radical (unpaired) electrons. The van der Waals surface area contributed by atoms with Gasteiger partial charge in [-0.3, -0.25) is 15.0 Å². The van der Waals surface area contributed by atoms with Gasteiger partial charge in [0, 0.05) is 44.4 Å². The molecule has 138 valence electrons. The van der Waals surface area contributed by atoms with E-state index in [4.69, 9.17) is 0 Å². The summed E-state index contributed by atoms with van der Waals surface area (Å²) < 4.78 is 27.0. The van der Waals surface area contributed by atoms with Crippen LogP contribution in [0.2, 0.25) is 0 Å². The number of piperazine rings is 1. The third kappa shape index (κ3) is 4.02. The number of rotatable bonds is 4. The molecule has 1 aromatic carbocycles.